The molecule has 0 aliphatic rings. The van der Waals surface area contributed by atoms with Crippen LogP contribution in [0.2, 0.25) is 0 Å². The van der Waals surface area contributed by atoms with Crippen molar-refractivity contribution in [1.29, 1.82) is 0 Å². The molecule has 3 N–H and O–H groups in total. The van der Waals surface area contributed by atoms with Crippen molar-refractivity contribution < 1.29 is 0 Å². The Bertz CT molecular complexity index is 687. The highest BCUT2D eigenvalue weighted by Crippen LogP contribution is 2.27. The fourth-order valence-corrected chi connectivity index (χ4v) is 2.08. The molecule has 0 aromatic carbocycles. The molecule has 0 amide bonds. The van der Waals surface area contributed by atoms with Crippen molar-refractivity contribution in [2.24, 2.45) is 5.73 Å². The molecule has 3 aromatic heterocycles. The van der Waals surface area contributed by atoms with Crippen LogP contribution in [0.4, 0.5) is 0 Å². The average molecular weight is 239 g/mol. The number of aromatic nitrogens is 4. The van der Waals surface area contributed by atoms with E-state index in [1.165, 1.54) is 0 Å². The molecule has 0 saturated heterocycles. The van der Waals surface area contributed by atoms with Gasteiger partial charge in [0, 0.05) is 36.1 Å². The van der Waals surface area contributed by atoms with Gasteiger partial charge in [-0.25, -0.2) is 9.97 Å². The molecular weight excluding hydrogens is 226 g/mol. The molecule has 5 heteroatoms. The standard InChI is InChI=1S/C13H13N5/c1-8-17-12(9-3-2-4-15-6-9)11-10(5-14)7-16-13(11)18-8/h2-4,6-7H,5,14H2,1H3,(H,16,17,18). The topological polar surface area (TPSA) is 80.5 Å². The summed E-state index contributed by atoms with van der Waals surface area (Å²) in [5, 5.41) is 0.983. The minimum Gasteiger partial charge on any atom is -0.346 e. The van der Waals surface area contributed by atoms with Gasteiger partial charge in [0.2, 0.25) is 0 Å². The first-order valence-corrected chi connectivity index (χ1v) is 5.74. The molecule has 18 heavy (non-hydrogen) atoms. The molecule has 0 aliphatic heterocycles. The molecule has 3 aromatic rings. The summed E-state index contributed by atoms with van der Waals surface area (Å²) in [6, 6.07) is 3.88. The quantitative estimate of drug-likeness (QED) is 0.714. The first kappa shape index (κ1) is 10.9. The van der Waals surface area contributed by atoms with Crippen molar-refractivity contribution in [1.82, 2.24) is 19.9 Å². The van der Waals surface area contributed by atoms with E-state index in [0.29, 0.717) is 6.54 Å². The first-order valence-electron chi connectivity index (χ1n) is 5.74. The van der Waals surface area contributed by atoms with Gasteiger partial charge in [-0.05, 0) is 24.6 Å². The number of fused-ring (bicyclic) bond motifs is 1. The maximum absolute atomic E-state index is 5.75. The van der Waals surface area contributed by atoms with E-state index < -0.39 is 0 Å². The van der Waals surface area contributed by atoms with E-state index in [0.717, 1.165) is 33.7 Å². The van der Waals surface area contributed by atoms with E-state index >= 15 is 0 Å². The fraction of sp³-hybridized carbons (Fsp3) is 0.154. The molecular formula is C13H13N5. The third kappa shape index (κ3) is 1.65. The number of pyridine rings is 1. The average Bonchev–Trinajstić information content (AvgIpc) is 2.81. The van der Waals surface area contributed by atoms with Crippen LogP contribution in [0.5, 0.6) is 0 Å². The molecule has 0 radical (unpaired) electrons. The maximum Gasteiger partial charge on any atom is 0.141 e. The zero-order valence-electron chi connectivity index (χ0n) is 10.0. The van der Waals surface area contributed by atoms with Gasteiger partial charge in [0.15, 0.2) is 0 Å². The molecule has 0 spiro atoms. The number of nitrogens with zero attached hydrogens (tertiary/aromatic N) is 3. The van der Waals surface area contributed by atoms with Crippen molar-refractivity contribution in [2.45, 2.75) is 13.5 Å². The second-order valence-corrected chi connectivity index (χ2v) is 4.10. The van der Waals surface area contributed by atoms with Crippen LogP contribution >= 0.6 is 0 Å². The van der Waals surface area contributed by atoms with Gasteiger partial charge in [-0.1, -0.05) is 0 Å². The third-order valence-corrected chi connectivity index (χ3v) is 2.88. The number of hydrogen-bond donors (Lipinski definition) is 2. The lowest BCUT2D eigenvalue weighted by atomic mass is 10.1. The minimum atomic E-state index is 0.458. The van der Waals surface area contributed by atoms with Crippen LogP contribution in [0.25, 0.3) is 22.3 Å². The second kappa shape index (κ2) is 4.19. The summed E-state index contributed by atoms with van der Waals surface area (Å²) in [6.07, 6.45) is 5.43. The number of nitrogens with two attached hydrogens (primary N) is 1. The molecule has 3 heterocycles. The van der Waals surface area contributed by atoms with Crippen LogP contribution in [-0.2, 0) is 6.54 Å². The molecule has 0 saturated carbocycles. The maximum atomic E-state index is 5.75. The number of aromatic amines is 1. The zero-order chi connectivity index (χ0) is 12.5. The smallest absolute Gasteiger partial charge is 0.141 e. The minimum absolute atomic E-state index is 0.458. The van der Waals surface area contributed by atoms with E-state index in [4.69, 9.17) is 5.73 Å². The van der Waals surface area contributed by atoms with E-state index in [-0.39, 0.29) is 0 Å². The summed E-state index contributed by atoms with van der Waals surface area (Å²) >= 11 is 0. The van der Waals surface area contributed by atoms with Crippen molar-refractivity contribution in [3.05, 3.63) is 42.1 Å². The normalized spacial score (nSPS) is 11.0. The van der Waals surface area contributed by atoms with Crippen molar-refractivity contribution in [3.63, 3.8) is 0 Å². The highest BCUT2D eigenvalue weighted by molar-refractivity contribution is 5.93. The molecule has 90 valence electrons. The largest absolute Gasteiger partial charge is 0.346 e. The van der Waals surface area contributed by atoms with E-state index in [2.05, 4.69) is 19.9 Å². The van der Waals surface area contributed by atoms with Crippen LogP contribution in [0.3, 0.4) is 0 Å². The lowest BCUT2D eigenvalue weighted by Crippen LogP contribution is -1.98. The summed E-state index contributed by atoms with van der Waals surface area (Å²) in [6.45, 7) is 2.34. The Hall–Kier alpha value is -2.27. The van der Waals surface area contributed by atoms with Crippen LogP contribution in [0.1, 0.15) is 11.4 Å². The number of aryl methyl sites for hydroxylation is 1. The Morgan fingerprint density at radius 2 is 2.22 bits per heavy atom. The Balaban J connectivity index is 2.36. The molecule has 3 rings (SSSR count). The highest BCUT2D eigenvalue weighted by atomic mass is 14.9. The van der Waals surface area contributed by atoms with Gasteiger partial charge in [0.05, 0.1) is 5.69 Å². The van der Waals surface area contributed by atoms with E-state index in [1.807, 2.05) is 25.3 Å². The number of hydrogen-bond acceptors (Lipinski definition) is 4. The monoisotopic (exact) mass is 239 g/mol. The van der Waals surface area contributed by atoms with Gasteiger partial charge in [-0.15, -0.1) is 0 Å². The summed E-state index contributed by atoms with van der Waals surface area (Å²) in [5.41, 5.74) is 9.45. The summed E-state index contributed by atoms with van der Waals surface area (Å²) in [7, 11) is 0. The van der Waals surface area contributed by atoms with Gasteiger partial charge in [-0.2, -0.15) is 0 Å². The molecule has 0 bridgehead atoms. The van der Waals surface area contributed by atoms with Gasteiger partial charge < -0.3 is 10.7 Å². The molecule has 0 unspecified atom stereocenters. The number of H-pyrrole nitrogens is 1. The Morgan fingerprint density at radius 3 is 2.94 bits per heavy atom. The lowest BCUT2D eigenvalue weighted by Gasteiger charge is -2.05. The van der Waals surface area contributed by atoms with Crippen LogP contribution in [0.15, 0.2) is 30.7 Å². The predicted molar refractivity (Wildman–Crippen MR) is 69.7 cm³/mol. The first-order chi connectivity index (χ1) is 8.79. The Kier molecular flexibility index (Phi) is 2.53. The third-order valence-electron chi connectivity index (χ3n) is 2.88. The molecule has 0 fully saturated rings. The summed E-state index contributed by atoms with van der Waals surface area (Å²) < 4.78 is 0. The SMILES string of the molecule is Cc1nc(-c2cccnc2)c2c(CN)c[nH]c2n1. The number of nitrogens with one attached hydrogen (secondary N) is 1. The van der Waals surface area contributed by atoms with Crippen molar-refractivity contribution >= 4 is 11.0 Å². The second-order valence-electron chi connectivity index (χ2n) is 4.10. The van der Waals surface area contributed by atoms with Gasteiger partial charge >= 0.3 is 0 Å². The zero-order valence-corrected chi connectivity index (χ0v) is 10.0. The highest BCUT2D eigenvalue weighted by Gasteiger charge is 2.13. The van der Waals surface area contributed by atoms with E-state index in [9.17, 15) is 0 Å². The molecule has 0 aliphatic carbocycles. The van der Waals surface area contributed by atoms with E-state index in [1.54, 1.807) is 12.4 Å². The predicted octanol–water partition coefficient (Wildman–Crippen LogP) is 1.79. The van der Waals surface area contributed by atoms with Gasteiger partial charge in [-0.3, -0.25) is 4.98 Å². The Labute approximate surface area is 104 Å². The fourth-order valence-electron chi connectivity index (χ4n) is 2.08. The van der Waals surface area contributed by atoms with Crippen molar-refractivity contribution in [3.8, 4) is 11.3 Å². The Morgan fingerprint density at radius 1 is 1.33 bits per heavy atom. The van der Waals surface area contributed by atoms with Crippen LogP contribution < -0.4 is 5.73 Å². The van der Waals surface area contributed by atoms with Crippen LogP contribution in [-0.4, -0.2) is 19.9 Å². The summed E-state index contributed by atoms with van der Waals surface area (Å²) in [4.78, 5) is 16.2. The number of rotatable bonds is 2. The van der Waals surface area contributed by atoms with Crippen molar-refractivity contribution in [2.75, 3.05) is 0 Å². The lowest BCUT2D eigenvalue weighted by molar-refractivity contribution is 1.07. The van der Waals surface area contributed by atoms with Gasteiger partial charge in [0.1, 0.15) is 11.5 Å². The summed E-state index contributed by atoms with van der Waals surface area (Å²) in [5.74, 6) is 0.728. The molecule has 5 nitrogen and oxygen atoms in total. The molecule has 0 atom stereocenters. The van der Waals surface area contributed by atoms with Gasteiger partial charge in [0.25, 0.3) is 0 Å². The van der Waals surface area contributed by atoms with Crippen LogP contribution in [0, 0.1) is 6.92 Å².